The van der Waals surface area contributed by atoms with Crippen molar-refractivity contribution in [2.75, 3.05) is 79.8 Å². The SMILES string of the molecule is C.C.CCn1cnc(-c2ccc(F)cc2)c1-c1ncc(C(=O)Nc2ccc(N3CCN(C)CC3)cc2)[nH]1.CCn1cnc(-c2ccc(F)cc2)c1-c1ncc(C(=O)Nc2ccc(N3CCNCC3)cc2)[nH]1. The van der Waals surface area contributed by atoms with Gasteiger partial charge in [0.1, 0.15) is 34.4 Å². The van der Waals surface area contributed by atoms with Crippen LogP contribution < -0.4 is 25.8 Å². The number of amides is 2. The molecule has 0 radical (unpaired) electrons. The van der Waals surface area contributed by atoms with Crippen LogP contribution in [0.1, 0.15) is 49.7 Å². The molecular formula is C53H62F2N14O2. The maximum Gasteiger partial charge on any atom is 0.273 e. The van der Waals surface area contributed by atoms with Crippen molar-refractivity contribution in [1.29, 1.82) is 0 Å². The Balaban J connectivity index is 0.000000203. The maximum absolute atomic E-state index is 13.4. The van der Waals surface area contributed by atoms with Crippen LogP contribution in [0, 0.1) is 11.6 Å². The summed E-state index contributed by atoms with van der Waals surface area (Å²) in [5.41, 5.74) is 8.80. The van der Waals surface area contributed by atoms with Crippen molar-refractivity contribution in [3.05, 3.63) is 145 Å². The van der Waals surface area contributed by atoms with Crippen molar-refractivity contribution < 1.29 is 18.4 Å². The smallest absolute Gasteiger partial charge is 0.273 e. The second kappa shape index (κ2) is 23.1. The molecule has 0 atom stereocenters. The van der Waals surface area contributed by atoms with Crippen molar-refractivity contribution in [2.24, 2.45) is 0 Å². The Bertz CT molecular complexity index is 2980. The third kappa shape index (κ3) is 11.7. The summed E-state index contributed by atoms with van der Waals surface area (Å²) in [6, 6.07) is 28.1. The Morgan fingerprint density at radius 1 is 0.549 bits per heavy atom. The number of likely N-dealkylation sites (N-methyl/N-ethyl adjacent to an activating group) is 1. The van der Waals surface area contributed by atoms with Crippen molar-refractivity contribution in [3.63, 3.8) is 0 Å². The van der Waals surface area contributed by atoms with Crippen molar-refractivity contribution in [3.8, 4) is 45.6 Å². The fourth-order valence-electron chi connectivity index (χ4n) is 8.39. The average Bonchev–Trinajstić information content (AvgIpc) is 4.23. The topological polar surface area (TPSA) is 173 Å². The molecule has 0 bridgehead atoms. The first-order valence-corrected chi connectivity index (χ1v) is 23.1. The van der Waals surface area contributed by atoms with Gasteiger partial charge in [0.25, 0.3) is 11.8 Å². The zero-order valence-corrected chi connectivity index (χ0v) is 38.7. The van der Waals surface area contributed by atoms with E-state index >= 15 is 0 Å². The van der Waals surface area contributed by atoms with Crippen molar-refractivity contribution in [2.45, 2.75) is 41.8 Å². The van der Waals surface area contributed by atoms with Gasteiger partial charge < -0.3 is 49.8 Å². The van der Waals surface area contributed by atoms with Crippen LogP contribution in [0.5, 0.6) is 0 Å². The molecule has 370 valence electrons. The maximum atomic E-state index is 13.4. The van der Waals surface area contributed by atoms with E-state index in [1.54, 1.807) is 36.9 Å². The van der Waals surface area contributed by atoms with Crippen LogP contribution in [-0.2, 0) is 13.1 Å². The first-order chi connectivity index (χ1) is 33.6. The highest BCUT2D eigenvalue weighted by Gasteiger charge is 2.22. The van der Waals surface area contributed by atoms with E-state index in [4.69, 9.17) is 0 Å². The number of rotatable bonds is 12. The molecule has 71 heavy (non-hydrogen) atoms. The second-order valence-electron chi connectivity index (χ2n) is 16.8. The molecule has 2 saturated heterocycles. The largest absolute Gasteiger partial charge is 0.369 e. The number of piperazine rings is 2. The summed E-state index contributed by atoms with van der Waals surface area (Å²) in [5, 5.41) is 9.20. The van der Waals surface area contributed by atoms with Gasteiger partial charge in [-0.15, -0.1) is 0 Å². The minimum Gasteiger partial charge on any atom is -0.369 e. The Hall–Kier alpha value is -7.96. The highest BCUT2D eigenvalue weighted by atomic mass is 19.1. The third-order valence-corrected chi connectivity index (χ3v) is 12.3. The number of halogens is 2. The lowest BCUT2D eigenvalue weighted by Crippen LogP contribution is -2.44. The normalized spacial score (nSPS) is 13.6. The summed E-state index contributed by atoms with van der Waals surface area (Å²) in [6.45, 7) is 13.3. The fourth-order valence-corrected chi connectivity index (χ4v) is 8.39. The van der Waals surface area contributed by atoms with Crippen LogP contribution >= 0.6 is 0 Å². The predicted octanol–water partition coefficient (Wildman–Crippen LogP) is 9.14. The molecule has 2 aliphatic rings. The average molecular weight is 965 g/mol. The molecule has 2 fully saturated rings. The van der Waals surface area contributed by atoms with Gasteiger partial charge in [0, 0.05) is 99.3 Å². The molecule has 6 heterocycles. The number of nitrogens with zero attached hydrogens (tertiary/aromatic N) is 9. The zero-order valence-electron chi connectivity index (χ0n) is 38.7. The van der Waals surface area contributed by atoms with Gasteiger partial charge in [0.15, 0.2) is 11.6 Å². The molecule has 5 N–H and O–H groups in total. The van der Waals surface area contributed by atoms with Crippen molar-refractivity contribution >= 4 is 34.6 Å². The minimum atomic E-state index is -0.307. The van der Waals surface area contributed by atoms with Gasteiger partial charge >= 0.3 is 0 Å². The summed E-state index contributed by atoms with van der Waals surface area (Å²) in [6.07, 6.45) is 6.47. The predicted molar refractivity (Wildman–Crippen MR) is 279 cm³/mol. The van der Waals surface area contributed by atoms with E-state index in [-0.39, 0.29) is 38.3 Å². The quantitative estimate of drug-likeness (QED) is 0.0795. The summed E-state index contributed by atoms with van der Waals surface area (Å²) in [4.78, 5) is 56.9. The molecule has 0 unspecified atom stereocenters. The molecule has 4 aromatic carbocycles. The van der Waals surface area contributed by atoms with E-state index in [1.165, 1.54) is 36.7 Å². The van der Waals surface area contributed by atoms with E-state index in [0.717, 1.165) is 91.9 Å². The summed E-state index contributed by atoms with van der Waals surface area (Å²) < 4.78 is 30.7. The molecule has 0 saturated carbocycles. The number of aromatic amines is 2. The van der Waals surface area contributed by atoms with Gasteiger partial charge in [0.05, 0.1) is 36.4 Å². The summed E-state index contributed by atoms with van der Waals surface area (Å²) in [7, 11) is 2.14. The number of hydrogen-bond donors (Lipinski definition) is 5. The lowest BCUT2D eigenvalue weighted by molar-refractivity contribution is 0.101. The van der Waals surface area contributed by atoms with Crippen LogP contribution in [-0.4, -0.2) is 115 Å². The van der Waals surface area contributed by atoms with E-state index in [2.05, 4.69) is 67.6 Å². The third-order valence-electron chi connectivity index (χ3n) is 12.3. The molecule has 18 heteroatoms. The molecule has 0 spiro atoms. The van der Waals surface area contributed by atoms with Crippen LogP contribution in [0.2, 0.25) is 0 Å². The number of H-pyrrole nitrogens is 2. The van der Waals surface area contributed by atoms with E-state index in [0.29, 0.717) is 53.2 Å². The Labute approximate surface area is 413 Å². The monoisotopic (exact) mass is 965 g/mol. The lowest BCUT2D eigenvalue weighted by Gasteiger charge is -2.34. The molecule has 2 aliphatic heterocycles. The lowest BCUT2D eigenvalue weighted by atomic mass is 10.1. The van der Waals surface area contributed by atoms with Gasteiger partial charge in [-0.25, -0.2) is 28.7 Å². The molecule has 10 rings (SSSR count). The van der Waals surface area contributed by atoms with Crippen LogP contribution in [0.3, 0.4) is 0 Å². The number of nitrogens with one attached hydrogen (secondary N) is 5. The van der Waals surface area contributed by atoms with Crippen LogP contribution in [0.25, 0.3) is 45.6 Å². The first-order valence-electron chi connectivity index (χ1n) is 23.1. The van der Waals surface area contributed by atoms with Gasteiger partial charge in [-0.1, -0.05) is 14.9 Å². The fraction of sp³-hybridized carbons (Fsp3) is 0.283. The Morgan fingerprint density at radius 2 is 0.944 bits per heavy atom. The van der Waals surface area contributed by atoms with Gasteiger partial charge in [-0.3, -0.25) is 9.59 Å². The van der Waals surface area contributed by atoms with E-state index in [1.807, 2.05) is 71.5 Å². The van der Waals surface area contributed by atoms with Gasteiger partial charge in [-0.2, -0.15) is 0 Å². The number of hydrogen-bond acceptors (Lipinski definition) is 10. The van der Waals surface area contributed by atoms with Crippen LogP contribution in [0.15, 0.2) is 122 Å². The number of carbonyl (C=O) groups is 2. The molecule has 16 nitrogen and oxygen atoms in total. The highest BCUT2D eigenvalue weighted by molar-refractivity contribution is 6.04. The number of carbonyl (C=O) groups excluding carboxylic acids is 2. The Kier molecular flexibility index (Phi) is 16.6. The van der Waals surface area contributed by atoms with E-state index in [9.17, 15) is 18.4 Å². The van der Waals surface area contributed by atoms with Crippen molar-refractivity contribution in [1.82, 2.24) is 49.3 Å². The highest BCUT2D eigenvalue weighted by Crippen LogP contribution is 2.32. The second-order valence-corrected chi connectivity index (χ2v) is 16.8. The first kappa shape index (κ1) is 50.9. The van der Waals surface area contributed by atoms with Gasteiger partial charge in [-0.05, 0) is 118 Å². The number of benzene rings is 4. The molecule has 8 aromatic rings. The Morgan fingerprint density at radius 3 is 1.34 bits per heavy atom. The van der Waals surface area contributed by atoms with Gasteiger partial charge in [0.2, 0.25) is 0 Å². The molecule has 2 amide bonds. The number of aromatic nitrogens is 8. The minimum absolute atomic E-state index is 0. The molecule has 4 aromatic heterocycles. The number of imidazole rings is 4. The molecule has 0 aliphatic carbocycles. The summed E-state index contributed by atoms with van der Waals surface area (Å²) >= 11 is 0. The van der Waals surface area contributed by atoms with Crippen LogP contribution in [0.4, 0.5) is 31.5 Å². The number of aryl methyl sites for hydroxylation is 2. The van der Waals surface area contributed by atoms with E-state index < -0.39 is 0 Å². The summed E-state index contributed by atoms with van der Waals surface area (Å²) in [5.74, 6) is -0.115. The number of anilines is 4. The molecular weight excluding hydrogens is 903 g/mol. The standard InChI is InChI=1S/C26H28FN7O.C25H26FN7O.2CH4/c1-3-33-17-29-23(18-4-6-19(27)7-5-18)24(33)25-28-16-22(31-25)26(35)30-20-8-10-21(11-9-20)34-14-12-32(2)13-15-34;1-2-32-16-29-22(17-3-5-18(26)6-4-17)23(32)24-28-15-21(31-24)25(34)30-19-7-9-20(10-8-19)33-13-11-27-12-14-33;;/h4-11,16-17H,3,12-15H2,1-2H3,(H,28,31)(H,30,35);3-10,15-16,27H,2,11-14H2,1H3,(H,28,31)(H,30,34);2*1H4. The zero-order chi connectivity index (χ0) is 47.9.